The van der Waals surface area contributed by atoms with Gasteiger partial charge in [0.2, 0.25) is 17.7 Å². The number of fused-ring (bicyclic) bond motifs is 1. The van der Waals surface area contributed by atoms with Gasteiger partial charge in [-0.1, -0.05) is 69.3 Å². The Labute approximate surface area is 234 Å². The summed E-state index contributed by atoms with van der Waals surface area (Å²) in [7, 11) is 0. The van der Waals surface area contributed by atoms with Crippen molar-refractivity contribution in [2.45, 2.75) is 52.1 Å². The number of H-pyrrole nitrogens is 1. The molecule has 1 aliphatic heterocycles. The molecule has 0 aliphatic carbocycles. The summed E-state index contributed by atoms with van der Waals surface area (Å²) in [6, 6.07) is 16.0. The number of likely N-dealkylation sites (tertiary alicyclic amines) is 1. The highest BCUT2D eigenvalue weighted by Crippen LogP contribution is 2.25. The van der Waals surface area contributed by atoms with Crippen LogP contribution < -0.4 is 10.6 Å². The molecule has 3 heterocycles. The van der Waals surface area contributed by atoms with Crippen molar-refractivity contribution in [3.63, 3.8) is 0 Å². The van der Waals surface area contributed by atoms with E-state index in [1.54, 1.807) is 17.1 Å². The van der Waals surface area contributed by atoms with Crippen molar-refractivity contribution >= 4 is 34.4 Å². The number of hydrogen-bond donors (Lipinski definition) is 3. The summed E-state index contributed by atoms with van der Waals surface area (Å²) in [5.41, 5.74) is 2.08. The Morgan fingerprint density at radius 3 is 2.42 bits per heavy atom. The third kappa shape index (κ3) is 5.93. The van der Waals surface area contributed by atoms with Crippen LogP contribution in [0.4, 0.5) is 5.82 Å². The maximum atomic E-state index is 13.6. The van der Waals surface area contributed by atoms with Gasteiger partial charge in [0.15, 0.2) is 5.82 Å². The second-order valence-electron chi connectivity index (χ2n) is 11.4. The minimum Gasteiger partial charge on any atom is -0.361 e. The van der Waals surface area contributed by atoms with Crippen LogP contribution in [-0.4, -0.2) is 56.3 Å². The molecule has 3 N–H and O–H groups in total. The predicted molar refractivity (Wildman–Crippen MR) is 155 cm³/mol. The highest BCUT2D eigenvalue weighted by atomic mass is 16.2. The lowest BCUT2D eigenvalue weighted by Crippen LogP contribution is -2.49. The Morgan fingerprint density at radius 2 is 1.70 bits per heavy atom. The van der Waals surface area contributed by atoms with E-state index in [0.717, 1.165) is 48.0 Å². The van der Waals surface area contributed by atoms with Gasteiger partial charge in [-0.05, 0) is 30.0 Å². The number of nitrogens with one attached hydrogen (secondary N) is 3. The molecule has 208 valence electrons. The fourth-order valence-electron chi connectivity index (χ4n) is 5.05. The predicted octanol–water partition coefficient (Wildman–Crippen LogP) is 4.29. The molecule has 0 radical (unpaired) electrons. The standard InChI is InChI=1S/C31H36N6O3/c1-31(2,3)30(40)34-25(17-22-18-32-24-14-8-7-13-23(22)24)28(38)35-26-19-37(20-33-26)27(21-11-5-4-6-12-21)29(39)36-15-9-10-16-36/h4-8,11-14,18-20,25,27,32H,9-10,15-17H2,1-3H3,(H,34,40)(H,35,38)/t25-,27?/m1/s1. The molecule has 1 unspecified atom stereocenters. The molecule has 1 saturated heterocycles. The molecule has 9 heteroatoms. The lowest BCUT2D eigenvalue weighted by atomic mass is 9.94. The van der Waals surface area contributed by atoms with E-state index in [1.807, 2.05) is 86.5 Å². The number of carbonyl (C=O) groups excluding carboxylic acids is 3. The van der Waals surface area contributed by atoms with Crippen molar-refractivity contribution in [2.24, 2.45) is 5.41 Å². The van der Waals surface area contributed by atoms with Gasteiger partial charge in [-0.15, -0.1) is 0 Å². The van der Waals surface area contributed by atoms with Crippen LogP contribution in [-0.2, 0) is 20.8 Å². The third-order valence-electron chi connectivity index (χ3n) is 7.32. The van der Waals surface area contributed by atoms with Crippen LogP contribution in [0.15, 0.2) is 73.3 Å². The zero-order chi connectivity index (χ0) is 28.3. The van der Waals surface area contributed by atoms with Crippen molar-refractivity contribution in [3.05, 3.63) is 84.4 Å². The lowest BCUT2D eigenvalue weighted by Gasteiger charge is -2.24. The number of aromatic amines is 1. The number of rotatable bonds is 8. The monoisotopic (exact) mass is 540 g/mol. The molecule has 40 heavy (non-hydrogen) atoms. The fourth-order valence-corrected chi connectivity index (χ4v) is 5.05. The Balaban J connectivity index is 1.39. The van der Waals surface area contributed by atoms with Crippen LogP contribution in [0, 0.1) is 5.41 Å². The Kier molecular flexibility index (Phi) is 7.73. The average Bonchev–Trinajstić information content (AvgIpc) is 3.71. The van der Waals surface area contributed by atoms with Crippen LogP contribution in [0.2, 0.25) is 0 Å². The van der Waals surface area contributed by atoms with Gasteiger partial charge in [-0.25, -0.2) is 4.98 Å². The first kappa shape index (κ1) is 27.2. The maximum Gasteiger partial charge on any atom is 0.250 e. The summed E-state index contributed by atoms with van der Waals surface area (Å²) in [5.74, 6) is -0.281. The molecule has 0 saturated carbocycles. The van der Waals surface area contributed by atoms with Crippen molar-refractivity contribution < 1.29 is 14.4 Å². The van der Waals surface area contributed by atoms with E-state index < -0.39 is 17.5 Å². The van der Waals surface area contributed by atoms with Crippen LogP contribution >= 0.6 is 0 Å². The molecule has 2 atom stereocenters. The number of amides is 3. The summed E-state index contributed by atoms with van der Waals surface area (Å²) in [5, 5.41) is 6.80. The van der Waals surface area contributed by atoms with Crippen molar-refractivity contribution in [1.29, 1.82) is 0 Å². The number of benzene rings is 2. The average molecular weight is 541 g/mol. The molecule has 1 aliphatic rings. The van der Waals surface area contributed by atoms with Gasteiger partial charge < -0.3 is 25.1 Å². The number of carbonyl (C=O) groups is 3. The number of hydrogen-bond acceptors (Lipinski definition) is 4. The minimum absolute atomic E-state index is 0.00799. The van der Waals surface area contributed by atoms with Crippen molar-refractivity contribution in [3.8, 4) is 0 Å². The Bertz CT molecular complexity index is 1490. The molecule has 2 aromatic carbocycles. The summed E-state index contributed by atoms with van der Waals surface area (Å²) in [4.78, 5) is 49.5. The molecule has 5 rings (SSSR count). The fraction of sp³-hybridized carbons (Fsp3) is 0.355. The van der Waals surface area contributed by atoms with Gasteiger partial charge in [-0.2, -0.15) is 0 Å². The van der Waals surface area contributed by atoms with Gasteiger partial charge in [0.25, 0.3) is 0 Å². The number of imidazole rings is 1. The third-order valence-corrected chi connectivity index (χ3v) is 7.32. The molecule has 4 aromatic rings. The second kappa shape index (κ2) is 11.4. The number of nitrogens with zero attached hydrogens (tertiary/aromatic N) is 3. The molecule has 2 aromatic heterocycles. The summed E-state index contributed by atoms with van der Waals surface area (Å²) in [6.45, 7) is 6.91. The van der Waals surface area contributed by atoms with Gasteiger partial charge in [-0.3, -0.25) is 14.4 Å². The van der Waals surface area contributed by atoms with Crippen LogP contribution in [0.5, 0.6) is 0 Å². The van der Waals surface area contributed by atoms with Gasteiger partial charge in [0.1, 0.15) is 12.1 Å². The van der Waals surface area contributed by atoms with Crippen LogP contribution in [0.3, 0.4) is 0 Å². The molecular weight excluding hydrogens is 504 g/mol. The quantitative estimate of drug-likeness (QED) is 0.310. The van der Waals surface area contributed by atoms with Gasteiger partial charge in [0, 0.05) is 48.2 Å². The SMILES string of the molecule is CC(C)(C)C(=O)N[C@H](Cc1c[nH]c2ccccc12)C(=O)Nc1cn(C(C(=O)N2CCCC2)c2ccccc2)cn1. The zero-order valence-corrected chi connectivity index (χ0v) is 23.2. The first-order valence-corrected chi connectivity index (χ1v) is 13.7. The summed E-state index contributed by atoms with van der Waals surface area (Å²) < 4.78 is 1.74. The Hall–Kier alpha value is -4.40. The van der Waals surface area contributed by atoms with Gasteiger partial charge >= 0.3 is 0 Å². The normalized spacial score (nSPS) is 15.1. The molecule has 1 fully saturated rings. The Morgan fingerprint density at radius 1 is 1.00 bits per heavy atom. The van der Waals surface area contributed by atoms with E-state index in [0.29, 0.717) is 12.2 Å². The number of para-hydroxylation sites is 1. The maximum absolute atomic E-state index is 13.6. The minimum atomic E-state index is -0.827. The highest BCUT2D eigenvalue weighted by Gasteiger charge is 2.31. The number of anilines is 1. The van der Waals surface area contributed by atoms with E-state index in [-0.39, 0.29) is 17.7 Å². The smallest absolute Gasteiger partial charge is 0.250 e. The molecule has 0 spiro atoms. The van der Waals surface area contributed by atoms with Crippen molar-refractivity contribution in [1.82, 2.24) is 24.8 Å². The van der Waals surface area contributed by atoms with E-state index >= 15 is 0 Å². The molecule has 9 nitrogen and oxygen atoms in total. The largest absolute Gasteiger partial charge is 0.361 e. The second-order valence-corrected chi connectivity index (χ2v) is 11.4. The molecular formula is C31H36N6O3. The number of aromatic nitrogens is 3. The van der Waals surface area contributed by atoms with Crippen LogP contribution in [0.25, 0.3) is 10.9 Å². The highest BCUT2D eigenvalue weighted by molar-refractivity contribution is 5.98. The van der Waals surface area contributed by atoms with Gasteiger partial charge in [0.05, 0.1) is 6.33 Å². The zero-order valence-electron chi connectivity index (χ0n) is 23.2. The molecule has 3 amide bonds. The van der Waals surface area contributed by atoms with E-state index in [9.17, 15) is 14.4 Å². The van der Waals surface area contributed by atoms with E-state index in [2.05, 4.69) is 20.6 Å². The lowest BCUT2D eigenvalue weighted by molar-refractivity contribution is -0.132. The first-order chi connectivity index (χ1) is 19.2. The topological polar surface area (TPSA) is 112 Å². The first-order valence-electron chi connectivity index (χ1n) is 13.7. The van der Waals surface area contributed by atoms with Crippen molar-refractivity contribution in [2.75, 3.05) is 18.4 Å². The van der Waals surface area contributed by atoms with E-state index in [1.165, 1.54) is 0 Å². The molecule has 0 bridgehead atoms. The summed E-state index contributed by atoms with van der Waals surface area (Å²) >= 11 is 0. The van der Waals surface area contributed by atoms with Crippen LogP contribution in [0.1, 0.15) is 50.8 Å². The summed E-state index contributed by atoms with van der Waals surface area (Å²) in [6.07, 6.45) is 7.42. The van der Waals surface area contributed by atoms with E-state index in [4.69, 9.17) is 0 Å².